The Morgan fingerprint density at radius 1 is 0.581 bits per heavy atom. The molecule has 0 saturated carbocycles. The number of halogens is 1. The third-order valence-corrected chi connectivity index (χ3v) is 6.46. The molecule has 0 spiro atoms. The first-order valence-corrected chi connectivity index (χ1v) is 10.8. The van der Waals surface area contributed by atoms with Gasteiger partial charge in [0.15, 0.2) is 0 Å². The average Bonchev–Trinajstić information content (AvgIpc) is 3.13. The van der Waals surface area contributed by atoms with Crippen LogP contribution in [0.5, 0.6) is 0 Å². The van der Waals surface area contributed by atoms with Crippen molar-refractivity contribution in [3.05, 3.63) is 108 Å². The molecule has 0 N–H and O–H groups in total. The Balaban J connectivity index is 1.94. The fourth-order valence-corrected chi connectivity index (χ4v) is 5.14. The van der Waals surface area contributed by atoms with Crippen molar-refractivity contribution in [2.75, 3.05) is 0 Å². The van der Waals surface area contributed by atoms with E-state index in [2.05, 4.69) is 109 Å². The van der Waals surface area contributed by atoms with Crippen molar-refractivity contribution in [2.45, 2.75) is 0 Å². The maximum absolute atomic E-state index is 6.45. The van der Waals surface area contributed by atoms with E-state index in [1.165, 1.54) is 54.8 Å². The van der Waals surface area contributed by atoms with Crippen LogP contribution in [0.15, 0.2) is 103 Å². The number of rotatable bonds is 2. The summed E-state index contributed by atoms with van der Waals surface area (Å²) in [6.07, 6.45) is 0. The molecule has 0 radical (unpaired) electrons. The van der Waals surface area contributed by atoms with Crippen LogP contribution in [-0.4, -0.2) is 4.57 Å². The molecule has 1 heterocycles. The largest absolute Gasteiger partial charge is 0.343 e. The number of benzene rings is 5. The van der Waals surface area contributed by atoms with Crippen LogP contribution >= 0.6 is 11.6 Å². The minimum atomic E-state index is 0.762. The number of hydrogen-bond acceptors (Lipinski definition) is 0. The molecule has 1 aromatic heterocycles. The lowest BCUT2D eigenvalue weighted by Crippen LogP contribution is -1.93. The van der Waals surface area contributed by atoms with E-state index in [0.29, 0.717) is 0 Å². The third kappa shape index (κ3) is 2.71. The molecule has 6 rings (SSSR count). The molecule has 0 amide bonds. The molecule has 0 aliphatic heterocycles. The number of hydrogen-bond donors (Lipinski definition) is 0. The zero-order chi connectivity index (χ0) is 20.9. The summed E-state index contributed by atoms with van der Waals surface area (Å²) in [6.45, 7) is 0. The molecule has 2 heteroatoms. The van der Waals surface area contributed by atoms with Gasteiger partial charge in [-0.05, 0) is 39.4 Å². The number of aromatic nitrogens is 1. The van der Waals surface area contributed by atoms with Gasteiger partial charge in [-0.25, -0.2) is 0 Å². The molecule has 0 saturated heterocycles. The zero-order valence-corrected chi connectivity index (χ0v) is 17.9. The van der Waals surface area contributed by atoms with Crippen LogP contribution in [0.3, 0.4) is 0 Å². The summed E-state index contributed by atoms with van der Waals surface area (Å²) in [5.74, 6) is 0. The van der Waals surface area contributed by atoms with E-state index in [1.54, 1.807) is 0 Å². The van der Waals surface area contributed by atoms with Gasteiger partial charge in [0, 0.05) is 28.4 Å². The number of nitrogens with zero attached hydrogens (tertiary/aromatic N) is 1. The topological polar surface area (TPSA) is 4.93 Å². The number of fused-ring (bicyclic) bond motifs is 6. The van der Waals surface area contributed by atoms with E-state index in [1.807, 2.05) is 6.07 Å². The summed E-state index contributed by atoms with van der Waals surface area (Å²) in [4.78, 5) is 0. The van der Waals surface area contributed by atoms with Gasteiger partial charge in [0.05, 0.1) is 11.2 Å². The monoisotopic (exact) mass is 417 g/mol. The Morgan fingerprint density at radius 2 is 1.19 bits per heavy atom. The fourth-order valence-electron chi connectivity index (χ4n) is 4.96. The third-order valence-electron chi connectivity index (χ3n) is 6.23. The smallest absolute Gasteiger partial charge is 0.0575 e. The van der Waals surface area contributed by atoms with E-state index >= 15 is 0 Å². The van der Waals surface area contributed by atoms with Crippen LogP contribution < -0.4 is 0 Å². The maximum atomic E-state index is 6.45. The first-order chi connectivity index (χ1) is 15.2. The Labute approximate surface area is 186 Å². The fraction of sp³-hybridized carbons (Fsp3) is 0.0345. The SMILES string of the molecule is Cn1c(-c2ccccc2)c(-c2ccccc2)c2c3ccc(Cl)cc3c3ccccc3c21. The summed E-state index contributed by atoms with van der Waals surface area (Å²) in [7, 11) is 2.19. The van der Waals surface area contributed by atoms with Crippen LogP contribution in [0.2, 0.25) is 5.02 Å². The highest BCUT2D eigenvalue weighted by molar-refractivity contribution is 6.34. The quantitative estimate of drug-likeness (QED) is 0.249. The Hall–Kier alpha value is -3.55. The summed E-state index contributed by atoms with van der Waals surface area (Å²) in [5.41, 5.74) is 6.18. The summed E-state index contributed by atoms with van der Waals surface area (Å²) in [6, 6.07) is 36.3. The molecule has 0 aliphatic rings. The second kappa shape index (κ2) is 7.01. The first-order valence-electron chi connectivity index (χ1n) is 10.5. The van der Waals surface area contributed by atoms with Gasteiger partial charge in [-0.1, -0.05) is 103 Å². The molecular formula is C29H20ClN. The predicted molar refractivity (Wildman–Crippen MR) is 134 cm³/mol. The zero-order valence-electron chi connectivity index (χ0n) is 17.1. The Kier molecular flexibility index (Phi) is 4.12. The maximum Gasteiger partial charge on any atom is 0.0575 e. The predicted octanol–water partition coefficient (Wildman–Crippen LogP) is 8.47. The molecule has 6 aromatic rings. The van der Waals surface area contributed by atoms with Crippen molar-refractivity contribution in [2.24, 2.45) is 7.05 Å². The molecule has 0 atom stereocenters. The van der Waals surface area contributed by atoms with Crippen molar-refractivity contribution >= 4 is 44.0 Å². The second-order valence-electron chi connectivity index (χ2n) is 7.97. The number of aryl methyl sites for hydroxylation is 1. The normalized spacial score (nSPS) is 11.5. The first kappa shape index (κ1) is 18.2. The van der Waals surface area contributed by atoms with Crippen molar-refractivity contribution in [1.82, 2.24) is 4.57 Å². The average molecular weight is 418 g/mol. The van der Waals surface area contributed by atoms with Gasteiger partial charge in [0.1, 0.15) is 0 Å². The van der Waals surface area contributed by atoms with E-state index in [0.717, 1.165) is 5.02 Å². The lowest BCUT2D eigenvalue weighted by atomic mass is 9.92. The highest BCUT2D eigenvalue weighted by Crippen LogP contribution is 2.46. The van der Waals surface area contributed by atoms with Crippen LogP contribution in [-0.2, 0) is 7.05 Å². The van der Waals surface area contributed by atoms with Crippen LogP contribution in [0.1, 0.15) is 0 Å². The highest BCUT2D eigenvalue weighted by atomic mass is 35.5. The van der Waals surface area contributed by atoms with Gasteiger partial charge < -0.3 is 4.57 Å². The van der Waals surface area contributed by atoms with Crippen molar-refractivity contribution in [3.8, 4) is 22.4 Å². The molecule has 1 nitrogen and oxygen atoms in total. The second-order valence-corrected chi connectivity index (χ2v) is 8.41. The summed E-state index contributed by atoms with van der Waals surface area (Å²) < 4.78 is 2.36. The molecule has 5 aromatic carbocycles. The van der Waals surface area contributed by atoms with Gasteiger partial charge >= 0.3 is 0 Å². The summed E-state index contributed by atoms with van der Waals surface area (Å²) >= 11 is 6.45. The lowest BCUT2D eigenvalue weighted by molar-refractivity contribution is 0.983. The van der Waals surface area contributed by atoms with Crippen LogP contribution in [0, 0.1) is 0 Å². The van der Waals surface area contributed by atoms with Gasteiger partial charge in [0.25, 0.3) is 0 Å². The van der Waals surface area contributed by atoms with E-state index in [9.17, 15) is 0 Å². The van der Waals surface area contributed by atoms with E-state index < -0.39 is 0 Å². The molecule has 0 fully saturated rings. The molecule has 31 heavy (non-hydrogen) atoms. The van der Waals surface area contributed by atoms with E-state index in [-0.39, 0.29) is 0 Å². The van der Waals surface area contributed by atoms with Crippen molar-refractivity contribution in [3.63, 3.8) is 0 Å². The molecule has 0 unspecified atom stereocenters. The Morgan fingerprint density at radius 3 is 1.90 bits per heavy atom. The Bertz CT molecular complexity index is 1580. The van der Waals surface area contributed by atoms with Gasteiger partial charge in [-0.2, -0.15) is 0 Å². The van der Waals surface area contributed by atoms with Crippen molar-refractivity contribution in [1.29, 1.82) is 0 Å². The molecule has 148 valence electrons. The lowest BCUT2D eigenvalue weighted by Gasteiger charge is -2.10. The van der Waals surface area contributed by atoms with E-state index in [4.69, 9.17) is 11.6 Å². The van der Waals surface area contributed by atoms with Gasteiger partial charge in [0.2, 0.25) is 0 Å². The standard InChI is InChI=1S/C29H20ClN/c1-31-28(20-12-6-3-7-13-20)26(19-10-4-2-5-11-19)27-23-17-16-21(30)18-25(23)22-14-8-9-15-24(22)29(27)31/h2-18H,1H3. The van der Waals surface area contributed by atoms with Gasteiger partial charge in [-0.15, -0.1) is 0 Å². The van der Waals surface area contributed by atoms with Crippen molar-refractivity contribution < 1.29 is 0 Å². The van der Waals surface area contributed by atoms with Gasteiger partial charge in [-0.3, -0.25) is 0 Å². The summed E-state index contributed by atoms with van der Waals surface area (Å²) in [5, 5.41) is 6.93. The van der Waals surface area contributed by atoms with Crippen LogP contribution in [0.25, 0.3) is 54.8 Å². The highest BCUT2D eigenvalue weighted by Gasteiger charge is 2.22. The molecule has 0 bridgehead atoms. The van der Waals surface area contributed by atoms with Crippen LogP contribution in [0.4, 0.5) is 0 Å². The molecular weight excluding hydrogens is 398 g/mol. The minimum absolute atomic E-state index is 0.762. The molecule has 0 aliphatic carbocycles. The minimum Gasteiger partial charge on any atom is -0.343 e.